The maximum absolute atomic E-state index is 9.08. The summed E-state index contributed by atoms with van der Waals surface area (Å²) in [6.45, 7) is 10.8. The first-order valence-corrected chi connectivity index (χ1v) is 17.0. The van der Waals surface area contributed by atoms with Crippen molar-refractivity contribution in [2.45, 2.75) is 53.1 Å². The SMILES string of the molecule is CC.CC.COc1cncc(-c2ccc3nc(-c4cccnc4N)n(-c4ccc(CN5CCC(Nc6ccnc(C#N)n6)CC5)cc4)c3n2)c1. The first-order valence-electron chi connectivity index (χ1n) is 17.0. The first kappa shape index (κ1) is 35.4. The minimum Gasteiger partial charge on any atom is -0.495 e. The van der Waals surface area contributed by atoms with Crippen molar-refractivity contribution >= 4 is 22.8 Å². The number of nitrogens with zero attached hydrogens (tertiary/aromatic N) is 9. The van der Waals surface area contributed by atoms with Gasteiger partial charge in [0.2, 0.25) is 5.82 Å². The monoisotopic (exact) mass is 669 g/mol. The summed E-state index contributed by atoms with van der Waals surface area (Å²) in [4.78, 5) is 29.3. The molecule has 50 heavy (non-hydrogen) atoms. The summed E-state index contributed by atoms with van der Waals surface area (Å²) in [5.41, 5.74) is 12.2. The molecule has 3 N–H and O–H groups in total. The van der Waals surface area contributed by atoms with Crippen LogP contribution >= 0.6 is 0 Å². The highest BCUT2D eigenvalue weighted by molar-refractivity contribution is 5.84. The summed E-state index contributed by atoms with van der Waals surface area (Å²) in [7, 11) is 1.62. The summed E-state index contributed by atoms with van der Waals surface area (Å²) >= 11 is 0. The fraction of sp³-hybridized carbons (Fsp3) is 0.289. The average Bonchev–Trinajstić information content (AvgIpc) is 3.56. The number of imidazole rings is 1. The number of nitrogens with two attached hydrogens (primary N) is 1. The highest BCUT2D eigenvalue weighted by Gasteiger charge is 2.21. The standard InChI is InChI=1S/C34H31N11O.2C2H6/c1-46-26-17-23(19-37-20-26)28-8-9-29-34(41-28)45(33(42-29)27-3-2-13-39-32(27)36)25-6-4-22(5-7-25)21-44-15-11-24(12-16-44)40-30-10-14-38-31(18-35)43-30;2*1-2/h2-10,13-14,17,19-20,24H,11-12,15-16,21H2,1H3,(H2,36,39)(H,38,40,43);2*1-2H3. The molecule has 1 saturated heterocycles. The maximum Gasteiger partial charge on any atom is 0.234 e. The predicted molar refractivity (Wildman–Crippen MR) is 198 cm³/mol. The second-order valence-corrected chi connectivity index (χ2v) is 11.1. The Morgan fingerprint density at radius 1 is 0.920 bits per heavy atom. The van der Waals surface area contributed by atoms with Crippen molar-refractivity contribution in [3.8, 4) is 40.2 Å². The molecule has 6 heterocycles. The summed E-state index contributed by atoms with van der Waals surface area (Å²) in [6, 6.07) is 22.2. The molecule has 7 rings (SSSR count). The van der Waals surface area contributed by atoms with E-state index in [9.17, 15) is 0 Å². The Balaban J connectivity index is 0.00000117. The van der Waals surface area contributed by atoms with Crippen LogP contribution in [-0.2, 0) is 6.54 Å². The number of methoxy groups -OCH3 is 1. The quantitative estimate of drug-likeness (QED) is 0.173. The number of piperidine rings is 1. The fourth-order valence-corrected chi connectivity index (χ4v) is 5.77. The third kappa shape index (κ3) is 8.02. The number of ether oxygens (including phenoxy) is 1. The molecule has 0 amide bonds. The van der Waals surface area contributed by atoms with Gasteiger partial charge in [0.25, 0.3) is 0 Å². The van der Waals surface area contributed by atoms with Crippen LogP contribution in [-0.4, -0.2) is 65.6 Å². The number of nitriles is 1. The van der Waals surface area contributed by atoms with E-state index in [1.165, 1.54) is 5.56 Å². The molecule has 0 bridgehead atoms. The van der Waals surface area contributed by atoms with Crippen LogP contribution < -0.4 is 15.8 Å². The van der Waals surface area contributed by atoms with Gasteiger partial charge in [-0.15, -0.1) is 0 Å². The Labute approximate surface area is 293 Å². The molecule has 12 nitrogen and oxygen atoms in total. The minimum atomic E-state index is 0.177. The van der Waals surface area contributed by atoms with Gasteiger partial charge in [-0.05, 0) is 66.9 Å². The van der Waals surface area contributed by atoms with Crippen LogP contribution in [0.5, 0.6) is 5.75 Å². The third-order valence-corrected chi connectivity index (χ3v) is 8.12. The van der Waals surface area contributed by atoms with E-state index < -0.39 is 0 Å². The molecule has 0 atom stereocenters. The van der Waals surface area contributed by atoms with E-state index >= 15 is 0 Å². The van der Waals surface area contributed by atoms with Crippen molar-refractivity contribution in [1.82, 2.24) is 39.4 Å². The number of pyridine rings is 3. The van der Waals surface area contributed by atoms with Gasteiger partial charge < -0.3 is 15.8 Å². The minimum absolute atomic E-state index is 0.177. The van der Waals surface area contributed by atoms with Crippen molar-refractivity contribution in [2.75, 3.05) is 31.2 Å². The van der Waals surface area contributed by atoms with E-state index in [4.69, 9.17) is 25.7 Å². The first-order chi connectivity index (χ1) is 24.6. The van der Waals surface area contributed by atoms with Crippen molar-refractivity contribution in [2.24, 2.45) is 0 Å². The van der Waals surface area contributed by atoms with Gasteiger partial charge in [0.15, 0.2) is 11.5 Å². The molecule has 0 radical (unpaired) electrons. The van der Waals surface area contributed by atoms with Gasteiger partial charge in [0.05, 0.1) is 24.6 Å². The second kappa shape index (κ2) is 16.9. The lowest BCUT2D eigenvalue weighted by molar-refractivity contribution is 0.211. The topological polar surface area (TPSA) is 157 Å². The summed E-state index contributed by atoms with van der Waals surface area (Å²) in [6.07, 6.45) is 8.69. The predicted octanol–water partition coefficient (Wildman–Crippen LogP) is 6.93. The molecule has 1 aliphatic rings. The summed E-state index contributed by atoms with van der Waals surface area (Å²) in [5.74, 6) is 2.60. The molecular weight excluding hydrogens is 626 g/mol. The van der Waals surface area contributed by atoms with Crippen molar-refractivity contribution in [1.29, 1.82) is 5.26 Å². The van der Waals surface area contributed by atoms with Crippen LogP contribution in [0.3, 0.4) is 0 Å². The van der Waals surface area contributed by atoms with E-state index in [0.29, 0.717) is 34.9 Å². The third-order valence-electron chi connectivity index (χ3n) is 8.12. The molecule has 5 aromatic heterocycles. The molecule has 0 saturated carbocycles. The van der Waals surface area contributed by atoms with Crippen molar-refractivity contribution in [3.05, 3.63) is 96.8 Å². The van der Waals surface area contributed by atoms with Crippen LogP contribution in [0.2, 0.25) is 0 Å². The maximum atomic E-state index is 9.08. The molecule has 0 aliphatic carbocycles. The summed E-state index contributed by atoms with van der Waals surface area (Å²) < 4.78 is 7.42. The van der Waals surface area contributed by atoms with Crippen molar-refractivity contribution < 1.29 is 4.74 Å². The van der Waals surface area contributed by atoms with Gasteiger partial charge >= 0.3 is 0 Å². The zero-order valence-corrected chi connectivity index (χ0v) is 29.2. The largest absolute Gasteiger partial charge is 0.495 e. The Morgan fingerprint density at radius 3 is 2.42 bits per heavy atom. The molecule has 6 aromatic rings. The number of hydrogen-bond acceptors (Lipinski definition) is 11. The van der Waals surface area contributed by atoms with Crippen LogP contribution in [0.15, 0.2) is 85.5 Å². The fourth-order valence-electron chi connectivity index (χ4n) is 5.77. The van der Waals surface area contributed by atoms with E-state index in [1.54, 1.807) is 38.0 Å². The molecule has 0 unspecified atom stereocenters. The smallest absolute Gasteiger partial charge is 0.234 e. The van der Waals surface area contributed by atoms with E-state index in [1.807, 2.05) is 68.7 Å². The molecule has 256 valence electrons. The highest BCUT2D eigenvalue weighted by Crippen LogP contribution is 2.32. The molecular formula is C38H43N11O. The van der Waals surface area contributed by atoms with Crippen LogP contribution in [0.25, 0.3) is 39.5 Å². The number of anilines is 2. The van der Waals surface area contributed by atoms with E-state index in [2.05, 4.69) is 54.4 Å². The molecule has 0 spiro atoms. The lowest BCUT2D eigenvalue weighted by atomic mass is 10.0. The number of fused-ring (bicyclic) bond motifs is 1. The lowest BCUT2D eigenvalue weighted by Crippen LogP contribution is -2.38. The second-order valence-electron chi connectivity index (χ2n) is 11.1. The Hall–Kier alpha value is -5.93. The number of nitrogens with one attached hydrogen (secondary N) is 1. The average molecular weight is 670 g/mol. The molecule has 1 aliphatic heterocycles. The zero-order chi connectivity index (χ0) is 35.5. The highest BCUT2D eigenvalue weighted by atomic mass is 16.5. The number of likely N-dealkylation sites (tertiary alicyclic amines) is 1. The van der Waals surface area contributed by atoms with Crippen LogP contribution in [0.1, 0.15) is 51.9 Å². The molecule has 1 aromatic carbocycles. The Bertz CT molecular complexity index is 2050. The number of hydrogen-bond donors (Lipinski definition) is 2. The van der Waals surface area contributed by atoms with Crippen LogP contribution in [0.4, 0.5) is 11.6 Å². The number of benzene rings is 1. The van der Waals surface area contributed by atoms with Gasteiger partial charge in [-0.25, -0.2) is 24.9 Å². The number of aromatic nitrogens is 7. The molecule has 1 fully saturated rings. The molecule has 12 heteroatoms. The zero-order valence-electron chi connectivity index (χ0n) is 29.2. The number of rotatable bonds is 8. The van der Waals surface area contributed by atoms with Gasteiger partial charge in [-0.3, -0.25) is 14.5 Å². The summed E-state index contributed by atoms with van der Waals surface area (Å²) in [5, 5.41) is 12.5. The van der Waals surface area contributed by atoms with Gasteiger partial charge in [0.1, 0.15) is 29.0 Å². The van der Waals surface area contributed by atoms with Crippen molar-refractivity contribution in [3.63, 3.8) is 0 Å². The van der Waals surface area contributed by atoms with Gasteiger partial charge in [-0.2, -0.15) is 5.26 Å². The Morgan fingerprint density at radius 2 is 1.70 bits per heavy atom. The van der Waals surface area contributed by atoms with Gasteiger partial charge in [-0.1, -0.05) is 39.8 Å². The normalized spacial score (nSPS) is 13.0. The Kier molecular flexibility index (Phi) is 12.0. The van der Waals surface area contributed by atoms with E-state index in [-0.39, 0.29) is 5.82 Å². The lowest BCUT2D eigenvalue weighted by Gasteiger charge is -2.32. The number of nitrogen functional groups attached to an aromatic ring is 1. The van der Waals surface area contributed by atoms with Gasteiger partial charge in [0, 0.05) is 55.5 Å². The van der Waals surface area contributed by atoms with E-state index in [0.717, 1.165) is 60.5 Å². The van der Waals surface area contributed by atoms with Crippen LogP contribution in [0, 0.1) is 11.3 Å².